The number of aromatic nitrogens is 3. The Morgan fingerprint density at radius 1 is 1.12 bits per heavy atom. The van der Waals surface area contributed by atoms with Crippen molar-refractivity contribution < 1.29 is 14.3 Å². The molecule has 3 aromatic carbocycles. The summed E-state index contributed by atoms with van der Waals surface area (Å²) in [6.07, 6.45) is 1.54. The molecule has 0 bridgehead atoms. The molecular weight excluding hydrogens is 567 g/mol. The van der Waals surface area contributed by atoms with Crippen LogP contribution in [0.3, 0.4) is 0 Å². The van der Waals surface area contributed by atoms with Crippen LogP contribution in [0.4, 0.5) is 5.95 Å². The van der Waals surface area contributed by atoms with Crippen molar-refractivity contribution in [3.05, 3.63) is 123 Å². The van der Waals surface area contributed by atoms with E-state index in [0.29, 0.717) is 50.5 Å². The Balaban J connectivity index is 1.45. The summed E-state index contributed by atoms with van der Waals surface area (Å²) in [4.78, 5) is 17.9. The van der Waals surface area contributed by atoms with Crippen LogP contribution in [-0.4, -0.2) is 27.3 Å². The number of nitrogens with zero attached hydrogens (tertiary/aromatic N) is 3. The van der Waals surface area contributed by atoms with Gasteiger partial charge in [0.25, 0.3) is 0 Å². The third-order valence-corrected chi connectivity index (χ3v) is 7.70. The van der Waals surface area contributed by atoms with Gasteiger partial charge < -0.3 is 14.8 Å². The zero-order valence-electron chi connectivity index (χ0n) is 21.6. The van der Waals surface area contributed by atoms with Gasteiger partial charge in [0, 0.05) is 21.5 Å². The van der Waals surface area contributed by atoms with Crippen LogP contribution in [0.1, 0.15) is 29.7 Å². The number of nitrogens with one attached hydrogen (secondary N) is 1. The maximum Gasteiger partial charge on any atom is 0.338 e. The van der Waals surface area contributed by atoms with Gasteiger partial charge in [-0.1, -0.05) is 90.1 Å². The van der Waals surface area contributed by atoms with Gasteiger partial charge in [-0.2, -0.15) is 4.98 Å². The second kappa shape index (κ2) is 12.6. The number of carbonyl (C=O) groups excluding carboxylic acids is 1. The van der Waals surface area contributed by atoms with E-state index in [1.54, 1.807) is 4.68 Å². The van der Waals surface area contributed by atoms with E-state index in [-0.39, 0.29) is 6.61 Å². The molecule has 0 saturated carbocycles. The monoisotopic (exact) mass is 592 g/mol. The summed E-state index contributed by atoms with van der Waals surface area (Å²) in [5, 5.41) is 9.91. The predicted molar refractivity (Wildman–Crippen MR) is 159 cm³/mol. The van der Waals surface area contributed by atoms with Crippen LogP contribution in [0.25, 0.3) is 0 Å². The van der Waals surface area contributed by atoms with E-state index in [2.05, 4.69) is 11.9 Å². The lowest BCUT2D eigenvalue weighted by Gasteiger charge is -2.28. The largest absolute Gasteiger partial charge is 0.489 e. The molecule has 0 spiro atoms. The summed E-state index contributed by atoms with van der Waals surface area (Å²) < 4.78 is 13.2. The fourth-order valence-corrected chi connectivity index (χ4v) is 5.50. The van der Waals surface area contributed by atoms with Gasteiger partial charge in [0.1, 0.15) is 25.0 Å². The van der Waals surface area contributed by atoms with Gasteiger partial charge in [0.2, 0.25) is 11.1 Å². The Morgan fingerprint density at radius 3 is 2.70 bits per heavy atom. The number of rotatable bonds is 10. The molecule has 1 atom stereocenters. The second-order valence-electron chi connectivity index (χ2n) is 8.98. The molecule has 4 aromatic rings. The number of benzene rings is 3. The minimum Gasteiger partial charge on any atom is -0.489 e. The number of fused-ring (bicyclic) bond motifs is 1. The predicted octanol–water partition coefficient (Wildman–Crippen LogP) is 7.47. The molecular formula is C30H26Cl2N4O3S. The molecule has 2 heterocycles. The second-order valence-corrected chi connectivity index (χ2v) is 10.8. The standard InChI is InChI=1S/C30H26Cl2N4O3S/c1-3-15-38-28(37)26-19(2)33-29-34-30(40-18-22-7-4-5-10-25(22)32)35-36(29)27(26)21-8-6-9-24(16-21)39-17-20-11-13-23(31)14-12-20/h3-14,16,27H,1,15,17-18H2,2H3,(H,33,34,35). The van der Waals surface area contributed by atoms with E-state index >= 15 is 0 Å². The number of thioether (sulfide) groups is 1. The minimum atomic E-state index is -0.588. The van der Waals surface area contributed by atoms with E-state index in [0.717, 1.165) is 16.7 Å². The average Bonchev–Trinajstić information content (AvgIpc) is 3.37. The van der Waals surface area contributed by atoms with Crippen molar-refractivity contribution in [1.29, 1.82) is 0 Å². The third-order valence-electron chi connectivity index (χ3n) is 6.19. The number of hydrogen-bond acceptors (Lipinski definition) is 7. The molecule has 1 aliphatic heterocycles. The van der Waals surface area contributed by atoms with E-state index < -0.39 is 12.0 Å². The molecule has 0 amide bonds. The summed E-state index contributed by atoms with van der Waals surface area (Å²) in [5.74, 6) is 1.31. The Morgan fingerprint density at radius 2 is 1.93 bits per heavy atom. The molecule has 0 aliphatic carbocycles. The highest BCUT2D eigenvalue weighted by Gasteiger charge is 2.35. The summed E-state index contributed by atoms with van der Waals surface area (Å²) in [6.45, 7) is 5.94. The van der Waals surface area contributed by atoms with Crippen LogP contribution >= 0.6 is 35.0 Å². The minimum absolute atomic E-state index is 0.0930. The van der Waals surface area contributed by atoms with E-state index in [1.165, 1.54) is 17.8 Å². The first kappa shape index (κ1) is 27.8. The number of hydrogen-bond donors (Lipinski definition) is 1. The molecule has 0 fully saturated rings. The van der Waals surface area contributed by atoms with Crippen LogP contribution in [-0.2, 0) is 21.9 Å². The van der Waals surface area contributed by atoms with Crippen LogP contribution in [0.5, 0.6) is 5.75 Å². The third kappa shape index (κ3) is 6.36. The quantitative estimate of drug-likeness (QED) is 0.116. The van der Waals surface area contributed by atoms with Gasteiger partial charge in [0.15, 0.2) is 0 Å². The van der Waals surface area contributed by atoms with E-state index in [1.807, 2.05) is 79.7 Å². The van der Waals surface area contributed by atoms with Crippen molar-refractivity contribution in [2.24, 2.45) is 0 Å². The molecule has 1 aromatic heterocycles. The number of allylic oxidation sites excluding steroid dienone is 1. The molecule has 1 N–H and O–H groups in total. The molecule has 7 nitrogen and oxygen atoms in total. The lowest BCUT2D eigenvalue weighted by molar-refractivity contribution is -0.138. The van der Waals surface area contributed by atoms with Gasteiger partial charge in [-0.05, 0) is 53.9 Å². The summed E-state index contributed by atoms with van der Waals surface area (Å²) in [7, 11) is 0. The van der Waals surface area contributed by atoms with Crippen LogP contribution in [0.2, 0.25) is 10.0 Å². The fraction of sp³-hybridized carbons (Fsp3) is 0.167. The van der Waals surface area contributed by atoms with Crippen LogP contribution in [0.15, 0.2) is 102 Å². The molecule has 0 radical (unpaired) electrons. The van der Waals surface area contributed by atoms with Gasteiger partial charge in [-0.3, -0.25) is 0 Å². The molecule has 10 heteroatoms. The first-order valence-electron chi connectivity index (χ1n) is 12.5. The van der Waals surface area contributed by atoms with E-state index in [9.17, 15) is 4.79 Å². The number of esters is 1. The summed E-state index contributed by atoms with van der Waals surface area (Å²) >= 11 is 13.8. The maximum atomic E-state index is 13.2. The summed E-state index contributed by atoms with van der Waals surface area (Å²) in [6, 6.07) is 22.2. The Labute approximate surface area is 246 Å². The Bertz CT molecular complexity index is 1570. The highest BCUT2D eigenvalue weighted by atomic mass is 35.5. The number of anilines is 1. The number of ether oxygens (including phenoxy) is 2. The van der Waals surface area contributed by atoms with Gasteiger partial charge in [-0.25, -0.2) is 9.48 Å². The first-order valence-corrected chi connectivity index (χ1v) is 14.2. The molecule has 1 aliphatic rings. The molecule has 0 saturated heterocycles. The molecule has 5 rings (SSSR count). The highest BCUT2D eigenvalue weighted by molar-refractivity contribution is 7.98. The van der Waals surface area contributed by atoms with Crippen molar-refractivity contribution in [2.45, 2.75) is 30.5 Å². The van der Waals surface area contributed by atoms with Crippen molar-refractivity contribution in [1.82, 2.24) is 14.8 Å². The van der Waals surface area contributed by atoms with Gasteiger partial charge >= 0.3 is 5.97 Å². The highest BCUT2D eigenvalue weighted by Crippen LogP contribution is 2.38. The number of halogens is 2. The smallest absolute Gasteiger partial charge is 0.338 e. The van der Waals surface area contributed by atoms with Crippen LogP contribution in [0, 0.1) is 0 Å². The fourth-order valence-electron chi connectivity index (χ4n) is 4.26. The maximum absolute atomic E-state index is 13.2. The van der Waals surface area contributed by atoms with E-state index in [4.69, 9.17) is 42.8 Å². The zero-order valence-corrected chi connectivity index (χ0v) is 24.0. The van der Waals surface area contributed by atoms with Crippen LogP contribution < -0.4 is 10.1 Å². The molecule has 204 valence electrons. The Kier molecular flexibility index (Phi) is 8.79. The lowest BCUT2D eigenvalue weighted by Crippen LogP contribution is -2.29. The average molecular weight is 594 g/mol. The summed E-state index contributed by atoms with van der Waals surface area (Å²) in [5.41, 5.74) is 3.83. The van der Waals surface area contributed by atoms with Crippen molar-refractivity contribution >= 4 is 46.9 Å². The SMILES string of the molecule is C=CCOC(=O)C1=C(C)Nc2nc(SCc3ccccc3Cl)nn2C1c1cccc(OCc2ccc(Cl)cc2)c1. The van der Waals surface area contributed by atoms with Gasteiger partial charge in [0.05, 0.1) is 5.57 Å². The number of carbonyl (C=O) groups is 1. The molecule has 1 unspecified atom stereocenters. The zero-order chi connectivity index (χ0) is 28.1. The lowest BCUT2D eigenvalue weighted by atomic mass is 9.95. The molecule has 40 heavy (non-hydrogen) atoms. The van der Waals surface area contributed by atoms with Crippen molar-refractivity contribution in [2.75, 3.05) is 11.9 Å². The Hall–Kier alpha value is -3.72. The van der Waals surface area contributed by atoms with Crippen molar-refractivity contribution in [3.8, 4) is 5.75 Å². The first-order chi connectivity index (χ1) is 19.4. The topological polar surface area (TPSA) is 78.3 Å². The van der Waals surface area contributed by atoms with Gasteiger partial charge in [-0.15, -0.1) is 5.10 Å². The normalized spacial score (nSPS) is 14.3. The van der Waals surface area contributed by atoms with Crippen molar-refractivity contribution in [3.63, 3.8) is 0 Å².